The molecule has 0 saturated carbocycles. The molecule has 0 saturated heterocycles. The molecule has 0 atom stereocenters. The van der Waals surface area contributed by atoms with Crippen LogP contribution in [0.3, 0.4) is 0 Å². The van der Waals surface area contributed by atoms with Gasteiger partial charge in [0.1, 0.15) is 5.75 Å². The second-order valence-corrected chi connectivity index (χ2v) is 7.65. The fourth-order valence-electron chi connectivity index (χ4n) is 1.73. The van der Waals surface area contributed by atoms with Crippen LogP contribution in [0.1, 0.15) is 15.3 Å². The number of rotatable bonds is 5. The van der Waals surface area contributed by atoms with E-state index in [1.54, 1.807) is 17.6 Å². The zero-order valence-electron chi connectivity index (χ0n) is 12.0. The summed E-state index contributed by atoms with van der Waals surface area (Å²) in [4.78, 5) is 13.9. The second-order valence-electron chi connectivity index (χ2n) is 4.56. The molecule has 0 aliphatic carbocycles. The molecule has 22 heavy (non-hydrogen) atoms. The minimum Gasteiger partial charge on any atom is -0.482 e. The van der Waals surface area contributed by atoms with E-state index in [2.05, 4.69) is 42.4 Å². The summed E-state index contributed by atoms with van der Waals surface area (Å²) in [5.41, 5.74) is 3.39. The summed E-state index contributed by atoms with van der Waals surface area (Å²) in [6, 6.07) is 7.76. The fraction of sp³-hybridized carbons (Fsp3) is 0.200. The van der Waals surface area contributed by atoms with Crippen molar-refractivity contribution in [3.63, 3.8) is 0 Å². The van der Waals surface area contributed by atoms with Gasteiger partial charge in [0.15, 0.2) is 6.61 Å². The molecule has 1 N–H and O–H groups in total. The number of hydrogen-bond acceptors (Lipinski definition) is 4. The first-order valence-corrected chi connectivity index (χ1v) is 8.83. The third-order valence-corrected chi connectivity index (χ3v) is 4.67. The molecule has 4 nitrogen and oxygen atoms in total. The van der Waals surface area contributed by atoms with Crippen molar-refractivity contribution in [1.29, 1.82) is 0 Å². The number of amides is 1. The predicted molar refractivity (Wildman–Crippen MR) is 96.9 cm³/mol. The van der Waals surface area contributed by atoms with Gasteiger partial charge >= 0.3 is 0 Å². The molecule has 0 spiro atoms. The molecule has 0 aliphatic rings. The highest BCUT2D eigenvalue weighted by Crippen LogP contribution is 2.32. The predicted octanol–water partition coefficient (Wildman–Crippen LogP) is 4.42. The van der Waals surface area contributed by atoms with Crippen LogP contribution in [0.5, 0.6) is 5.75 Å². The van der Waals surface area contributed by atoms with Gasteiger partial charge in [-0.05, 0) is 59.6 Å². The third kappa shape index (κ3) is 4.93. The summed E-state index contributed by atoms with van der Waals surface area (Å²) in [7, 11) is 0. The molecular formula is C15H14Br2N2O2S. The normalized spacial score (nSPS) is 10.9. The summed E-state index contributed by atoms with van der Waals surface area (Å²) in [6.07, 6.45) is 1.62. The first kappa shape index (κ1) is 17.2. The summed E-state index contributed by atoms with van der Waals surface area (Å²) >= 11 is 8.43. The van der Waals surface area contributed by atoms with Crippen molar-refractivity contribution in [3.8, 4) is 5.75 Å². The van der Waals surface area contributed by atoms with Crippen LogP contribution in [0, 0.1) is 13.8 Å². The van der Waals surface area contributed by atoms with Crippen LogP contribution in [0.2, 0.25) is 0 Å². The van der Waals surface area contributed by atoms with Crippen molar-refractivity contribution in [3.05, 3.63) is 48.5 Å². The van der Waals surface area contributed by atoms with Crippen molar-refractivity contribution >= 4 is 55.3 Å². The first-order valence-electron chi connectivity index (χ1n) is 6.42. The zero-order chi connectivity index (χ0) is 16.1. The third-order valence-electron chi connectivity index (χ3n) is 2.68. The van der Waals surface area contributed by atoms with E-state index in [4.69, 9.17) is 4.74 Å². The number of nitrogens with zero attached hydrogens (tertiary/aromatic N) is 1. The van der Waals surface area contributed by atoms with E-state index in [0.717, 1.165) is 19.4 Å². The number of aryl methyl sites for hydroxylation is 2. The monoisotopic (exact) mass is 444 g/mol. The molecule has 0 fully saturated rings. The molecule has 1 aromatic carbocycles. The molecule has 0 radical (unpaired) electrons. The van der Waals surface area contributed by atoms with E-state index < -0.39 is 0 Å². The summed E-state index contributed by atoms with van der Waals surface area (Å²) in [5, 5.41) is 3.91. The van der Waals surface area contributed by atoms with E-state index in [0.29, 0.717) is 5.75 Å². The highest BCUT2D eigenvalue weighted by molar-refractivity contribution is 9.11. The maximum absolute atomic E-state index is 11.7. The van der Waals surface area contributed by atoms with E-state index in [-0.39, 0.29) is 12.5 Å². The Morgan fingerprint density at radius 1 is 1.36 bits per heavy atom. The molecular weight excluding hydrogens is 432 g/mol. The van der Waals surface area contributed by atoms with Crippen LogP contribution in [0.4, 0.5) is 0 Å². The Hall–Kier alpha value is -1.18. The average molecular weight is 446 g/mol. The lowest BCUT2D eigenvalue weighted by Gasteiger charge is -2.10. The molecule has 0 bridgehead atoms. The Morgan fingerprint density at radius 2 is 2.14 bits per heavy atom. The Labute approximate surface area is 149 Å². The molecule has 1 aromatic heterocycles. The van der Waals surface area contributed by atoms with Gasteiger partial charge in [0, 0.05) is 14.2 Å². The Bertz CT molecular complexity index is 690. The lowest BCUT2D eigenvalue weighted by Crippen LogP contribution is -2.24. The smallest absolute Gasteiger partial charge is 0.277 e. The number of thiophene rings is 1. The lowest BCUT2D eigenvalue weighted by atomic mass is 10.2. The highest BCUT2D eigenvalue weighted by atomic mass is 79.9. The van der Waals surface area contributed by atoms with Crippen LogP contribution in [-0.4, -0.2) is 18.7 Å². The Kier molecular flexibility index (Phi) is 6.16. The van der Waals surface area contributed by atoms with Gasteiger partial charge in [-0.15, -0.1) is 11.3 Å². The molecule has 0 unspecified atom stereocenters. The standard InChI is InChI=1S/C15H14Br2N2O2S/c1-9-5-11(16)6-13(17)15(9)21-8-14(20)19-18-7-12-4-3-10(2)22-12/h3-7H,8H2,1-2H3,(H,19,20). The fourth-order valence-corrected chi connectivity index (χ4v) is 4.04. The summed E-state index contributed by atoms with van der Waals surface area (Å²) in [5.74, 6) is 0.343. The molecule has 2 aromatic rings. The molecule has 0 aliphatic heterocycles. The largest absolute Gasteiger partial charge is 0.482 e. The zero-order valence-corrected chi connectivity index (χ0v) is 16.0. The SMILES string of the molecule is Cc1ccc(C=NNC(=O)COc2c(C)cc(Br)cc2Br)s1. The van der Waals surface area contributed by atoms with Crippen LogP contribution < -0.4 is 10.2 Å². The quantitative estimate of drug-likeness (QED) is 0.547. The number of carbonyl (C=O) groups is 1. The molecule has 1 amide bonds. The lowest BCUT2D eigenvalue weighted by molar-refractivity contribution is -0.123. The van der Waals surface area contributed by atoms with Gasteiger partial charge < -0.3 is 4.74 Å². The van der Waals surface area contributed by atoms with Crippen molar-refractivity contribution < 1.29 is 9.53 Å². The minimum absolute atomic E-state index is 0.0954. The van der Waals surface area contributed by atoms with Crippen LogP contribution in [0.25, 0.3) is 0 Å². The maximum atomic E-state index is 11.7. The number of ether oxygens (including phenoxy) is 1. The van der Waals surface area contributed by atoms with E-state index in [9.17, 15) is 4.79 Å². The van der Waals surface area contributed by atoms with Gasteiger partial charge in [0.2, 0.25) is 0 Å². The first-order chi connectivity index (χ1) is 10.5. The number of hydrogen-bond donors (Lipinski definition) is 1. The number of hydrazone groups is 1. The number of carbonyl (C=O) groups excluding carboxylic acids is 1. The maximum Gasteiger partial charge on any atom is 0.277 e. The second kappa shape index (κ2) is 7.89. The van der Waals surface area contributed by atoms with Crippen LogP contribution in [0.15, 0.2) is 38.3 Å². The van der Waals surface area contributed by atoms with Gasteiger partial charge in [0.05, 0.1) is 10.7 Å². The molecule has 1 heterocycles. The van der Waals surface area contributed by atoms with Crippen LogP contribution >= 0.6 is 43.2 Å². The van der Waals surface area contributed by atoms with Gasteiger partial charge in [-0.2, -0.15) is 5.10 Å². The number of halogens is 2. The molecule has 116 valence electrons. The summed E-state index contributed by atoms with van der Waals surface area (Å²) in [6.45, 7) is 3.84. The Balaban J connectivity index is 1.87. The van der Waals surface area contributed by atoms with Crippen molar-refractivity contribution in [2.45, 2.75) is 13.8 Å². The molecule has 7 heteroatoms. The summed E-state index contributed by atoms with van der Waals surface area (Å²) < 4.78 is 7.28. The average Bonchev–Trinajstić information content (AvgIpc) is 2.83. The van der Waals surface area contributed by atoms with Gasteiger partial charge in [-0.1, -0.05) is 15.9 Å². The Morgan fingerprint density at radius 3 is 2.77 bits per heavy atom. The van der Waals surface area contributed by atoms with Gasteiger partial charge in [0.25, 0.3) is 5.91 Å². The van der Waals surface area contributed by atoms with E-state index in [1.807, 2.05) is 38.1 Å². The topological polar surface area (TPSA) is 50.7 Å². The van der Waals surface area contributed by atoms with Crippen molar-refractivity contribution in [2.24, 2.45) is 5.10 Å². The van der Waals surface area contributed by atoms with Crippen molar-refractivity contribution in [2.75, 3.05) is 6.61 Å². The number of nitrogens with one attached hydrogen (secondary N) is 1. The minimum atomic E-state index is -0.307. The van der Waals surface area contributed by atoms with Gasteiger partial charge in [-0.25, -0.2) is 5.43 Å². The van der Waals surface area contributed by atoms with Crippen molar-refractivity contribution in [1.82, 2.24) is 5.43 Å². The van der Waals surface area contributed by atoms with E-state index >= 15 is 0 Å². The van der Waals surface area contributed by atoms with Gasteiger partial charge in [-0.3, -0.25) is 4.79 Å². The number of benzene rings is 1. The van der Waals surface area contributed by atoms with E-state index in [1.165, 1.54) is 4.88 Å². The highest BCUT2D eigenvalue weighted by Gasteiger charge is 2.09. The van der Waals surface area contributed by atoms with Crippen LogP contribution in [-0.2, 0) is 4.79 Å². The molecule has 2 rings (SSSR count).